The molecule has 0 fully saturated rings. The number of hydrogen-bond acceptors (Lipinski definition) is 7. The van der Waals surface area contributed by atoms with Crippen LogP contribution in [0.1, 0.15) is 36.3 Å². The lowest BCUT2D eigenvalue weighted by atomic mass is 9.97. The number of carbonyl (C=O) groups excluding carboxylic acids is 3. The number of rotatable bonds is 5. The van der Waals surface area contributed by atoms with E-state index in [-0.39, 0.29) is 12.3 Å². The van der Waals surface area contributed by atoms with E-state index in [2.05, 4.69) is 46.1 Å². The Morgan fingerprint density at radius 3 is 2.43 bits per heavy atom. The Bertz CT molecular complexity index is 1390. The van der Waals surface area contributed by atoms with Crippen LogP contribution in [0.3, 0.4) is 0 Å². The second kappa shape index (κ2) is 11.8. The number of nitrogens with one attached hydrogen (secondary N) is 2. The molecule has 0 spiro atoms. The summed E-state index contributed by atoms with van der Waals surface area (Å²) in [6.07, 6.45) is 1.61. The van der Waals surface area contributed by atoms with E-state index in [9.17, 15) is 4.79 Å². The van der Waals surface area contributed by atoms with E-state index in [0.717, 1.165) is 35.2 Å². The number of aromatic nitrogens is 1. The van der Waals surface area contributed by atoms with Gasteiger partial charge in [-0.25, -0.2) is 4.79 Å². The van der Waals surface area contributed by atoms with Gasteiger partial charge in [0.1, 0.15) is 17.5 Å². The van der Waals surface area contributed by atoms with Crippen molar-refractivity contribution in [3.05, 3.63) is 89.6 Å². The van der Waals surface area contributed by atoms with Crippen molar-refractivity contribution in [1.82, 2.24) is 5.16 Å². The maximum Gasteiger partial charge on any atom is 0.412 e. The highest BCUT2D eigenvalue weighted by Gasteiger charge is 2.20. The quantitative estimate of drug-likeness (QED) is 0.328. The molecule has 0 bridgehead atoms. The normalized spacial score (nSPS) is 12.6. The second-order valence-corrected chi connectivity index (χ2v) is 8.62. The molecule has 1 atom stereocenters. The molecule has 1 aliphatic rings. The summed E-state index contributed by atoms with van der Waals surface area (Å²) in [4.78, 5) is 28.8. The molecule has 2 N–H and O–H groups in total. The molecule has 5 rings (SSSR count). The maximum atomic E-state index is 12.6. The SMILES string of the molecule is Cc1noc(-c2ccc(-c3ccc4c(c3)NCCC4)cc2)c1NC(=O)OC(C)c1ccccc1.O=C=O. The summed E-state index contributed by atoms with van der Waals surface area (Å²) in [7, 11) is 0. The van der Waals surface area contributed by atoms with Crippen LogP contribution in [0, 0.1) is 6.92 Å². The Hall–Kier alpha value is -4.68. The van der Waals surface area contributed by atoms with Crippen molar-refractivity contribution >= 4 is 23.6 Å². The summed E-state index contributed by atoms with van der Waals surface area (Å²) in [6.45, 7) is 4.64. The summed E-state index contributed by atoms with van der Waals surface area (Å²) in [6, 6.07) is 24.2. The monoisotopic (exact) mass is 497 g/mol. The fourth-order valence-corrected chi connectivity index (χ4v) is 4.25. The van der Waals surface area contributed by atoms with Crippen LogP contribution in [0.25, 0.3) is 22.5 Å². The predicted octanol–water partition coefficient (Wildman–Crippen LogP) is 6.40. The number of hydrogen-bond donors (Lipinski definition) is 2. The third-order valence-electron chi connectivity index (χ3n) is 6.17. The molecule has 37 heavy (non-hydrogen) atoms. The van der Waals surface area contributed by atoms with Crippen molar-refractivity contribution < 1.29 is 23.6 Å². The molecule has 3 aromatic carbocycles. The minimum Gasteiger partial charge on any atom is -0.441 e. The standard InChI is InChI=1S/C28H27N3O3.CO2/c1-18-26(30-28(32)33-19(2)20-7-4-3-5-8-20)27(34-31-18)23-13-10-21(11-14-23)24-15-12-22-9-6-16-29-25(22)17-24;2-1-3/h3-5,7-8,10-15,17,19,29H,6,9,16H2,1-2H3,(H,30,32);. The number of ether oxygens (including phenoxy) is 1. The Balaban J connectivity index is 0.00000102. The Kier molecular flexibility index (Phi) is 8.13. The molecule has 0 saturated heterocycles. The molecule has 188 valence electrons. The molecule has 0 saturated carbocycles. The van der Waals surface area contributed by atoms with E-state index in [1.807, 2.05) is 49.4 Å². The topological polar surface area (TPSA) is 111 Å². The van der Waals surface area contributed by atoms with Gasteiger partial charge >= 0.3 is 12.2 Å². The molecule has 8 heteroatoms. The molecule has 1 unspecified atom stereocenters. The van der Waals surface area contributed by atoms with Gasteiger partial charge in [-0.1, -0.05) is 71.9 Å². The van der Waals surface area contributed by atoms with E-state index >= 15 is 0 Å². The van der Waals surface area contributed by atoms with Crippen molar-refractivity contribution in [2.45, 2.75) is 32.8 Å². The van der Waals surface area contributed by atoms with Crippen LogP contribution in [-0.4, -0.2) is 23.9 Å². The lowest BCUT2D eigenvalue weighted by molar-refractivity contribution is -0.191. The van der Waals surface area contributed by atoms with Crippen LogP contribution in [0.4, 0.5) is 16.2 Å². The van der Waals surface area contributed by atoms with Gasteiger partial charge in [-0.2, -0.15) is 9.59 Å². The van der Waals surface area contributed by atoms with Crippen LogP contribution in [0.5, 0.6) is 0 Å². The average molecular weight is 498 g/mol. The average Bonchev–Trinajstić information content (AvgIpc) is 3.29. The third-order valence-corrected chi connectivity index (χ3v) is 6.17. The number of anilines is 2. The minimum atomic E-state index is -0.554. The van der Waals surface area contributed by atoms with E-state index in [4.69, 9.17) is 18.8 Å². The molecule has 8 nitrogen and oxygen atoms in total. The smallest absolute Gasteiger partial charge is 0.412 e. The van der Waals surface area contributed by atoms with E-state index in [1.165, 1.54) is 17.7 Å². The van der Waals surface area contributed by atoms with Gasteiger partial charge in [-0.05, 0) is 55.0 Å². The van der Waals surface area contributed by atoms with Gasteiger partial charge in [0.15, 0.2) is 5.76 Å². The highest BCUT2D eigenvalue weighted by Crippen LogP contribution is 2.34. The van der Waals surface area contributed by atoms with Gasteiger partial charge in [-0.3, -0.25) is 5.32 Å². The van der Waals surface area contributed by atoms with Gasteiger partial charge in [0, 0.05) is 17.8 Å². The fraction of sp³-hybridized carbons (Fsp3) is 0.207. The van der Waals surface area contributed by atoms with Crippen LogP contribution in [-0.2, 0) is 20.7 Å². The van der Waals surface area contributed by atoms with Gasteiger partial charge in [0.05, 0.1) is 0 Å². The van der Waals surface area contributed by atoms with Crippen molar-refractivity contribution in [3.8, 4) is 22.5 Å². The molecule has 1 amide bonds. The first-order valence-electron chi connectivity index (χ1n) is 12.0. The molecule has 1 aliphatic heterocycles. The van der Waals surface area contributed by atoms with Crippen molar-refractivity contribution in [2.24, 2.45) is 0 Å². The first-order valence-corrected chi connectivity index (χ1v) is 12.0. The molecule has 4 aromatic rings. The van der Waals surface area contributed by atoms with Crippen LogP contribution in [0.15, 0.2) is 77.3 Å². The highest BCUT2D eigenvalue weighted by molar-refractivity contribution is 5.91. The van der Waals surface area contributed by atoms with Gasteiger partial charge in [-0.15, -0.1) is 0 Å². The summed E-state index contributed by atoms with van der Waals surface area (Å²) < 4.78 is 11.1. The molecule has 1 aromatic heterocycles. The largest absolute Gasteiger partial charge is 0.441 e. The zero-order chi connectivity index (χ0) is 26.2. The van der Waals surface area contributed by atoms with Crippen LogP contribution < -0.4 is 10.6 Å². The second-order valence-electron chi connectivity index (χ2n) is 8.62. The Labute approximate surface area is 214 Å². The van der Waals surface area contributed by atoms with E-state index in [1.54, 1.807) is 6.92 Å². The summed E-state index contributed by atoms with van der Waals surface area (Å²) in [5.74, 6) is 0.500. The van der Waals surface area contributed by atoms with E-state index in [0.29, 0.717) is 17.1 Å². The summed E-state index contributed by atoms with van der Waals surface area (Å²) in [5.41, 5.74) is 7.70. The number of aryl methyl sites for hydroxylation is 2. The maximum absolute atomic E-state index is 12.6. The molecule has 2 heterocycles. The predicted molar refractivity (Wildman–Crippen MR) is 139 cm³/mol. The van der Waals surface area contributed by atoms with E-state index < -0.39 is 6.09 Å². The first kappa shape index (κ1) is 25.4. The number of fused-ring (bicyclic) bond motifs is 1. The van der Waals surface area contributed by atoms with Gasteiger partial charge < -0.3 is 14.6 Å². The summed E-state index contributed by atoms with van der Waals surface area (Å²) >= 11 is 0. The van der Waals surface area contributed by atoms with Crippen LogP contribution in [0.2, 0.25) is 0 Å². The Morgan fingerprint density at radius 1 is 1.03 bits per heavy atom. The minimum absolute atomic E-state index is 0.250. The third kappa shape index (κ3) is 6.12. The van der Waals surface area contributed by atoms with Crippen LogP contribution >= 0.6 is 0 Å². The number of benzene rings is 3. The highest BCUT2D eigenvalue weighted by atomic mass is 16.6. The van der Waals surface area contributed by atoms with Gasteiger partial charge in [0.25, 0.3) is 0 Å². The number of carbonyl (C=O) groups is 1. The lowest BCUT2D eigenvalue weighted by Gasteiger charge is -2.18. The first-order chi connectivity index (χ1) is 18.0. The lowest BCUT2D eigenvalue weighted by Crippen LogP contribution is -2.16. The van der Waals surface area contributed by atoms with Crippen molar-refractivity contribution in [1.29, 1.82) is 0 Å². The fourth-order valence-electron chi connectivity index (χ4n) is 4.25. The Morgan fingerprint density at radius 2 is 1.70 bits per heavy atom. The van der Waals surface area contributed by atoms with Gasteiger partial charge in [0.2, 0.25) is 0 Å². The molecule has 0 aliphatic carbocycles. The molecular weight excluding hydrogens is 470 g/mol. The van der Waals surface area contributed by atoms with Crippen molar-refractivity contribution in [2.75, 3.05) is 17.2 Å². The number of amides is 1. The molecule has 0 radical (unpaired) electrons. The molecular formula is C29H27N3O5. The van der Waals surface area contributed by atoms with Crippen molar-refractivity contribution in [3.63, 3.8) is 0 Å². The summed E-state index contributed by atoms with van der Waals surface area (Å²) in [5, 5.41) is 10.4. The zero-order valence-electron chi connectivity index (χ0n) is 20.6. The zero-order valence-corrected chi connectivity index (χ0v) is 20.6. The number of nitrogens with zero attached hydrogens (tertiary/aromatic N) is 1.